The van der Waals surface area contributed by atoms with Gasteiger partial charge in [-0.1, -0.05) is 18.7 Å². The second-order valence-corrected chi connectivity index (χ2v) is 9.94. The van der Waals surface area contributed by atoms with E-state index < -0.39 is 11.7 Å². The van der Waals surface area contributed by atoms with Crippen LogP contribution in [0.3, 0.4) is 0 Å². The Morgan fingerprint density at radius 2 is 2.03 bits per heavy atom. The molecule has 1 aliphatic rings. The minimum absolute atomic E-state index is 0.0146. The van der Waals surface area contributed by atoms with Crippen molar-refractivity contribution in [1.82, 2.24) is 9.55 Å². The van der Waals surface area contributed by atoms with Crippen molar-refractivity contribution in [1.29, 1.82) is 0 Å². The highest BCUT2D eigenvalue weighted by atomic mass is 32.2. The lowest BCUT2D eigenvalue weighted by Crippen LogP contribution is -2.35. The number of primary amides is 1. The fourth-order valence-electron chi connectivity index (χ4n) is 4.03. The number of amides is 2. The maximum Gasteiger partial charge on any atom is 0.263 e. The molecular formula is C23H25FN4O3S2. The first-order chi connectivity index (χ1) is 15.9. The fraction of sp³-hybridized carbons (Fsp3) is 0.391. The molecule has 0 saturated heterocycles. The molecule has 0 atom stereocenters. The standard InChI is InChI=1S/C23H25FN4O3S2/c1-2-11-28-22(31)20-16-4-3-5-17(16)33-21(20)26-23(28)32-13-19(30)27(12-10-18(25)29)15-8-6-14(24)7-9-15/h6-9H,2-5,10-13H2,1H3,(H2,25,29). The van der Waals surface area contributed by atoms with Gasteiger partial charge in [-0.15, -0.1) is 11.3 Å². The number of nitrogens with zero attached hydrogens (tertiary/aromatic N) is 3. The number of thioether (sulfide) groups is 1. The summed E-state index contributed by atoms with van der Waals surface area (Å²) in [6.07, 6.45) is 3.72. The Kier molecular flexibility index (Phi) is 7.14. The minimum atomic E-state index is -0.530. The van der Waals surface area contributed by atoms with Gasteiger partial charge in [0.2, 0.25) is 11.8 Å². The number of aryl methyl sites for hydroxylation is 2. The molecule has 2 amide bonds. The van der Waals surface area contributed by atoms with Gasteiger partial charge in [-0.25, -0.2) is 9.37 Å². The van der Waals surface area contributed by atoms with Crippen LogP contribution < -0.4 is 16.2 Å². The van der Waals surface area contributed by atoms with E-state index in [1.54, 1.807) is 15.9 Å². The van der Waals surface area contributed by atoms with E-state index in [0.717, 1.165) is 41.5 Å². The molecule has 0 aliphatic heterocycles. The SMILES string of the molecule is CCCn1c(SCC(=O)N(CCC(N)=O)c2ccc(F)cc2)nc2sc3c(c2c1=O)CCC3. The first-order valence-corrected chi connectivity index (χ1v) is 12.7. The highest BCUT2D eigenvalue weighted by Crippen LogP contribution is 2.35. The fourth-order valence-corrected chi connectivity index (χ4v) is 6.24. The molecule has 0 bridgehead atoms. The van der Waals surface area contributed by atoms with Crippen LogP contribution in [0.2, 0.25) is 0 Å². The summed E-state index contributed by atoms with van der Waals surface area (Å²) in [5.74, 6) is -1.21. The van der Waals surface area contributed by atoms with E-state index >= 15 is 0 Å². The molecule has 33 heavy (non-hydrogen) atoms. The maximum absolute atomic E-state index is 13.4. The Morgan fingerprint density at radius 1 is 1.27 bits per heavy atom. The van der Waals surface area contributed by atoms with E-state index in [9.17, 15) is 18.8 Å². The third-order valence-electron chi connectivity index (χ3n) is 5.58. The van der Waals surface area contributed by atoms with Gasteiger partial charge in [0.05, 0.1) is 11.1 Å². The van der Waals surface area contributed by atoms with E-state index in [-0.39, 0.29) is 30.2 Å². The van der Waals surface area contributed by atoms with Crippen LogP contribution >= 0.6 is 23.1 Å². The number of rotatable bonds is 9. The molecule has 4 rings (SSSR count). The Bertz CT molecular complexity index is 1250. The van der Waals surface area contributed by atoms with Gasteiger partial charge < -0.3 is 10.6 Å². The maximum atomic E-state index is 13.4. The van der Waals surface area contributed by atoms with Gasteiger partial charge in [0, 0.05) is 30.1 Å². The molecule has 0 unspecified atom stereocenters. The van der Waals surface area contributed by atoms with E-state index in [4.69, 9.17) is 10.7 Å². The molecule has 10 heteroatoms. The number of fused-ring (bicyclic) bond motifs is 3. The molecular weight excluding hydrogens is 463 g/mol. The zero-order valence-corrected chi connectivity index (χ0v) is 19.9. The lowest BCUT2D eigenvalue weighted by atomic mass is 10.2. The summed E-state index contributed by atoms with van der Waals surface area (Å²) in [6.45, 7) is 2.60. The highest BCUT2D eigenvalue weighted by molar-refractivity contribution is 7.99. The average Bonchev–Trinajstić information content (AvgIpc) is 3.36. The summed E-state index contributed by atoms with van der Waals surface area (Å²) in [7, 11) is 0. The van der Waals surface area contributed by atoms with Gasteiger partial charge >= 0.3 is 0 Å². The van der Waals surface area contributed by atoms with E-state index in [1.165, 1.54) is 45.8 Å². The number of nitrogens with two attached hydrogens (primary N) is 1. The van der Waals surface area contributed by atoms with Crippen molar-refractivity contribution in [2.75, 3.05) is 17.2 Å². The van der Waals surface area contributed by atoms with Crippen LogP contribution in [-0.2, 0) is 29.0 Å². The van der Waals surface area contributed by atoms with Crippen molar-refractivity contribution < 1.29 is 14.0 Å². The molecule has 1 aliphatic carbocycles. The summed E-state index contributed by atoms with van der Waals surface area (Å²) in [5, 5.41) is 1.24. The molecule has 3 aromatic rings. The van der Waals surface area contributed by atoms with Gasteiger partial charge in [0.25, 0.3) is 5.56 Å². The molecule has 2 aromatic heterocycles. The number of hydrogen-bond acceptors (Lipinski definition) is 6. The third kappa shape index (κ3) is 4.96. The van der Waals surface area contributed by atoms with Crippen LogP contribution in [0.15, 0.2) is 34.2 Å². The number of aromatic nitrogens is 2. The molecule has 1 aromatic carbocycles. The quantitative estimate of drug-likeness (QED) is 0.367. The summed E-state index contributed by atoms with van der Waals surface area (Å²) in [4.78, 5) is 45.8. The topological polar surface area (TPSA) is 98.3 Å². The van der Waals surface area contributed by atoms with Gasteiger partial charge in [-0.05, 0) is 55.5 Å². The lowest BCUT2D eigenvalue weighted by molar-refractivity contribution is -0.118. The first-order valence-electron chi connectivity index (χ1n) is 10.9. The van der Waals surface area contributed by atoms with E-state index in [2.05, 4.69) is 0 Å². The Hall–Kier alpha value is -2.72. The predicted octanol–water partition coefficient (Wildman–Crippen LogP) is 3.50. The number of benzene rings is 1. The van der Waals surface area contributed by atoms with Crippen molar-refractivity contribution in [3.63, 3.8) is 0 Å². The smallest absolute Gasteiger partial charge is 0.263 e. The Labute approximate surface area is 198 Å². The molecule has 0 spiro atoms. The summed E-state index contributed by atoms with van der Waals surface area (Å²) in [6, 6.07) is 5.50. The van der Waals surface area contributed by atoms with Crippen molar-refractivity contribution >= 4 is 50.8 Å². The van der Waals surface area contributed by atoms with Gasteiger partial charge in [0.15, 0.2) is 5.16 Å². The van der Waals surface area contributed by atoms with Gasteiger partial charge in [0.1, 0.15) is 10.6 Å². The summed E-state index contributed by atoms with van der Waals surface area (Å²) < 4.78 is 15.0. The van der Waals surface area contributed by atoms with E-state index in [1.807, 2.05) is 6.92 Å². The first kappa shape index (κ1) is 23.4. The molecule has 0 saturated carbocycles. The summed E-state index contributed by atoms with van der Waals surface area (Å²) >= 11 is 2.77. The second kappa shape index (κ2) is 10.0. The number of carbonyl (C=O) groups excluding carboxylic acids is 2. The van der Waals surface area contributed by atoms with Crippen molar-refractivity contribution in [2.24, 2.45) is 5.73 Å². The van der Waals surface area contributed by atoms with Crippen molar-refractivity contribution in [3.05, 3.63) is 50.9 Å². The molecule has 2 N–H and O–H groups in total. The van der Waals surface area contributed by atoms with Gasteiger partial charge in [-0.3, -0.25) is 19.0 Å². The molecule has 0 fully saturated rings. The Morgan fingerprint density at radius 3 is 2.73 bits per heavy atom. The number of carbonyl (C=O) groups is 2. The lowest BCUT2D eigenvalue weighted by Gasteiger charge is -2.22. The third-order valence-corrected chi connectivity index (χ3v) is 7.73. The molecule has 0 radical (unpaired) electrons. The van der Waals surface area contributed by atoms with Crippen LogP contribution in [0.5, 0.6) is 0 Å². The van der Waals surface area contributed by atoms with Crippen LogP contribution in [0, 0.1) is 5.82 Å². The van der Waals surface area contributed by atoms with Crippen LogP contribution in [0.1, 0.15) is 36.6 Å². The molecule has 174 valence electrons. The predicted molar refractivity (Wildman–Crippen MR) is 129 cm³/mol. The van der Waals surface area contributed by atoms with Crippen LogP contribution in [-0.4, -0.2) is 33.7 Å². The highest BCUT2D eigenvalue weighted by Gasteiger charge is 2.24. The Balaban J connectivity index is 1.61. The molecule has 2 heterocycles. The zero-order valence-electron chi connectivity index (χ0n) is 18.3. The van der Waals surface area contributed by atoms with E-state index in [0.29, 0.717) is 17.4 Å². The largest absolute Gasteiger partial charge is 0.370 e. The van der Waals surface area contributed by atoms with Crippen molar-refractivity contribution in [2.45, 2.75) is 50.7 Å². The minimum Gasteiger partial charge on any atom is -0.370 e. The normalized spacial score (nSPS) is 12.8. The van der Waals surface area contributed by atoms with Crippen LogP contribution in [0.4, 0.5) is 10.1 Å². The number of hydrogen-bond donors (Lipinski definition) is 1. The number of anilines is 1. The monoisotopic (exact) mass is 488 g/mol. The van der Waals surface area contributed by atoms with Crippen molar-refractivity contribution in [3.8, 4) is 0 Å². The van der Waals surface area contributed by atoms with Gasteiger partial charge in [-0.2, -0.15) is 0 Å². The summed E-state index contributed by atoms with van der Waals surface area (Å²) in [5.41, 5.74) is 6.85. The molecule has 7 nitrogen and oxygen atoms in total. The average molecular weight is 489 g/mol. The number of thiophene rings is 1. The van der Waals surface area contributed by atoms with Crippen LogP contribution in [0.25, 0.3) is 10.2 Å². The zero-order chi connectivity index (χ0) is 23.5. The number of halogens is 1. The second-order valence-electron chi connectivity index (χ2n) is 7.92.